The number of carbonyl (C=O) groups excluding carboxylic acids is 1. The van der Waals surface area contributed by atoms with Crippen LogP contribution in [0.15, 0.2) is 54.6 Å². The van der Waals surface area contributed by atoms with E-state index in [1.807, 2.05) is 42.5 Å². The zero-order valence-electron chi connectivity index (χ0n) is 12.6. The second-order valence-electron chi connectivity index (χ2n) is 5.58. The minimum atomic E-state index is -0.354. The molecular weight excluding hydrogens is 274 g/mol. The van der Waals surface area contributed by atoms with Gasteiger partial charge in [0.1, 0.15) is 0 Å². The average Bonchev–Trinajstić information content (AvgIpc) is 2.53. The topological polar surface area (TPSA) is 95.1 Å². The quantitative estimate of drug-likeness (QED) is 0.723. The molecule has 2 aromatic carbocycles. The van der Waals surface area contributed by atoms with Crippen LogP contribution in [-0.2, 0) is 17.6 Å². The lowest BCUT2D eigenvalue weighted by Crippen LogP contribution is -2.31. The molecule has 22 heavy (non-hydrogen) atoms. The first-order valence-electron chi connectivity index (χ1n) is 7.48. The number of hydrogen-bond acceptors (Lipinski definition) is 3. The summed E-state index contributed by atoms with van der Waals surface area (Å²) >= 11 is 0. The summed E-state index contributed by atoms with van der Waals surface area (Å²) in [5.74, 6) is -0.670. The van der Waals surface area contributed by atoms with Gasteiger partial charge in [0, 0.05) is 12.6 Å². The monoisotopic (exact) mass is 297 g/mol. The summed E-state index contributed by atoms with van der Waals surface area (Å²) in [5, 5.41) is 0. The molecular formula is C18H23N3O. The number of rotatable bonds is 7. The Morgan fingerprint density at radius 3 is 2.05 bits per heavy atom. The van der Waals surface area contributed by atoms with Gasteiger partial charge in [-0.15, -0.1) is 0 Å². The van der Waals surface area contributed by atoms with Crippen LogP contribution in [0.2, 0.25) is 0 Å². The van der Waals surface area contributed by atoms with Gasteiger partial charge in [0.15, 0.2) is 0 Å². The molecule has 2 atom stereocenters. The van der Waals surface area contributed by atoms with E-state index >= 15 is 0 Å². The van der Waals surface area contributed by atoms with Gasteiger partial charge in [0.2, 0.25) is 5.91 Å². The molecule has 116 valence electrons. The lowest BCUT2D eigenvalue weighted by Gasteiger charge is -2.14. The van der Waals surface area contributed by atoms with Crippen molar-refractivity contribution >= 4 is 5.91 Å². The van der Waals surface area contributed by atoms with Gasteiger partial charge in [-0.05, 0) is 29.5 Å². The maximum Gasteiger partial charge on any atom is 0.222 e. The summed E-state index contributed by atoms with van der Waals surface area (Å²) in [4.78, 5) is 11.2. The third kappa shape index (κ3) is 4.41. The maximum atomic E-state index is 11.2. The van der Waals surface area contributed by atoms with Crippen molar-refractivity contribution < 1.29 is 4.79 Å². The summed E-state index contributed by atoms with van der Waals surface area (Å²) in [6, 6.07) is 18.1. The molecule has 6 N–H and O–H groups in total. The Kier molecular flexibility index (Phi) is 5.69. The van der Waals surface area contributed by atoms with Crippen molar-refractivity contribution in [1.29, 1.82) is 0 Å². The van der Waals surface area contributed by atoms with Crippen LogP contribution in [0.4, 0.5) is 0 Å². The predicted molar refractivity (Wildman–Crippen MR) is 89.0 cm³/mol. The van der Waals surface area contributed by atoms with Gasteiger partial charge in [0.25, 0.3) is 0 Å². The number of primary amides is 1. The maximum absolute atomic E-state index is 11.2. The second kappa shape index (κ2) is 7.73. The van der Waals surface area contributed by atoms with Crippen molar-refractivity contribution in [2.24, 2.45) is 23.1 Å². The van der Waals surface area contributed by atoms with E-state index in [2.05, 4.69) is 12.1 Å². The zero-order valence-corrected chi connectivity index (χ0v) is 12.6. The normalized spacial score (nSPS) is 13.5. The van der Waals surface area contributed by atoms with Crippen LogP contribution in [0.5, 0.6) is 0 Å². The van der Waals surface area contributed by atoms with Crippen LogP contribution >= 0.6 is 0 Å². The van der Waals surface area contributed by atoms with E-state index in [1.165, 1.54) is 5.56 Å². The molecule has 4 nitrogen and oxygen atoms in total. The van der Waals surface area contributed by atoms with Crippen LogP contribution in [0.25, 0.3) is 0 Å². The highest BCUT2D eigenvalue weighted by Crippen LogP contribution is 2.18. The van der Waals surface area contributed by atoms with Crippen molar-refractivity contribution in [2.75, 3.05) is 6.54 Å². The fourth-order valence-electron chi connectivity index (χ4n) is 2.47. The molecule has 0 spiro atoms. The molecule has 2 aromatic rings. The number of carbonyl (C=O) groups is 1. The van der Waals surface area contributed by atoms with Crippen LogP contribution in [0.3, 0.4) is 0 Å². The summed E-state index contributed by atoms with van der Waals surface area (Å²) in [5.41, 5.74) is 20.5. The van der Waals surface area contributed by atoms with E-state index in [4.69, 9.17) is 17.2 Å². The molecule has 2 unspecified atom stereocenters. The van der Waals surface area contributed by atoms with Gasteiger partial charge in [0.05, 0.1) is 5.92 Å². The first kappa shape index (κ1) is 16.2. The fourth-order valence-corrected chi connectivity index (χ4v) is 2.47. The first-order valence-corrected chi connectivity index (χ1v) is 7.48. The van der Waals surface area contributed by atoms with Gasteiger partial charge >= 0.3 is 0 Å². The van der Waals surface area contributed by atoms with E-state index in [-0.39, 0.29) is 24.4 Å². The molecule has 0 fully saturated rings. The Morgan fingerprint density at radius 1 is 0.909 bits per heavy atom. The molecule has 0 aliphatic heterocycles. The largest absolute Gasteiger partial charge is 0.369 e. The van der Waals surface area contributed by atoms with Gasteiger partial charge in [-0.2, -0.15) is 0 Å². The highest BCUT2D eigenvalue weighted by Gasteiger charge is 2.14. The lowest BCUT2D eigenvalue weighted by atomic mass is 9.95. The van der Waals surface area contributed by atoms with Crippen molar-refractivity contribution in [3.05, 3.63) is 71.3 Å². The lowest BCUT2D eigenvalue weighted by molar-refractivity contribution is -0.121. The Bertz CT molecular complexity index is 595. The molecule has 0 saturated heterocycles. The highest BCUT2D eigenvalue weighted by atomic mass is 16.1. The smallest absolute Gasteiger partial charge is 0.222 e. The minimum absolute atomic E-state index is 0.0436. The van der Waals surface area contributed by atoms with Crippen molar-refractivity contribution in [1.82, 2.24) is 0 Å². The van der Waals surface area contributed by atoms with E-state index < -0.39 is 0 Å². The Balaban J connectivity index is 2.00. The molecule has 0 saturated carbocycles. The number of hydrogen-bond donors (Lipinski definition) is 3. The van der Waals surface area contributed by atoms with E-state index in [9.17, 15) is 4.79 Å². The second-order valence-corrected chi connectivity index (χ2v) is 5.58. The SMILES string of the molecule is NCC(Cc1ccc(C(N)Cc2ccccc2)cc1)C(N)=O. The molecule has 0 radical (unpaired) electrons. The van der Waals surface area contributed by atoms with Gasteiger partial charge in [-0.25, -0.2) is 0 Å². The molecule has 0 aromatic heterocycles. The van der Waals surface area contributed by atoms with Gasteiger partial charge in [-0.1, -0.05) is 54.6 Å². The van der Waals surface area contributed by atoms with Crippen LogP contribution in [0.1, 0.15) is 22.7 Å². The van der Waals surface area contributed by atoms with E-state index in [0.29, 0.717) is 6.42 Å². The molecule has 0 heterocycles. The molecule has 0 bridgehead atoms. The van der Waals surface area contributed by atoms with Crippen LogP contribution in [0, 0.1) is 5.92 Å². The van der Waals surface area contributed by atoms with E-state index in [1.54, 1.807) is 0 Å². The molecule has 4 heteroatoms. The molecule has 0 aliphatic carbocycles. The first-order chi connectivity index (χ1) is 10.6. The summed E-state index contributed by atoms with van der Waals surface area (Å²) < 4.78 is 0. The number of benzene rings is 2. The summed E-state index contributed by atoms with van der Waals surface area (Å²) in [6.07, 6.45) is 1.37. The standard InChI is InChI=1S/C18H23N3O/c19-12-16(18(21)22)10-14-6-8-15(9-7-14)17(20)11-13-4-2-1-3-5-13/h1-9,16-17H,10-12,19-20H2,(H2,21,22). The van der Waals surface area contributed by atoms with Crippen molar-refractivity contribution in [3.8, 4) is 0 Å². The predicted octanol–water partition coefficient (Wildman–Crippen LogP) is 1.53. The third-order valence-corrected chi connectivity index (χ3v) is 3.88. The Labute approximate surface area is 131 Å². The van der Waals surface area contributed by atoms with E-state index in [0.717, 1.165) is 17.5 Å². The highest BCUT2D eigenvalue weighted by molar-refractivity contribution is 5.77. The summed E-state index contributed by atoms with van der Waals surface area (Å²) in [7, 11) is 0. The van der Waals surface area contributed by atoms with Crippen molar-refractivity contribution in [2.45, 2.75) is 18.9 Å². The van der Waals surface area contributed by atoms with Crippen LogP contribution < -0.4 is 17.2 Å². The summed E-state index contributed by atoms with van der Waals surface area (Å²) in [6.45, 7) is 0.268. The molecule has 1 amide bonds. The van der Waals surface area contributed by atoms with Crippen molar-refractivity contribution in [3.63, 3.8) is 0 Å². The average molecular weight is 297 g/mol. The minimum Gasteiger partial charge on any atom is -0.369 e. The van der Waals surface area contributed by atoms with Gasteiger partial charge in [-0.3, -0.25) is 4.79 Å². The zero-order chi connectivity index (χ0) is 15.9. The van der Waals surface area contributed by atoms with Gasteiger partial charge < -0.3 is 17.2 Å². The molecule has 0 aliphatic rings. The fraction of sp³-hybridized carbons (Fsp3) is 0.278. The van der Waals surface area contributed by atoms with Crippen LogP contribution in [-0.4, -0.2) is 12.5 Å². The third-order valence-electron chi connectivity index (χ3n) is 3.88. The molecule has 2 rings (SSSR count). The number of nitrogens with two attached hydrogens (primary N) is 3. The Morgan fingerprint density at radius 2 is 1.50 bits per heavy atom. The Hall–Kier alpha value is -2.17. The number of amides is 1.